The van der Waals surface area contributed by atoms with Gasteiger partial charge in [-0.15, -0.1) is 0 Å². The van der Waals surface area contributed by atoms with Crippen molar-refractivity contribution in [3.8, 4) is 0 Å². The highest BCUT2D eigenvalue weighted by molar-refractivity contribution is 5.87. The van der Waals surface area contributed by atoms with Gasteiger partial charge in [-0.3, -0.25) is 0 Å². The van der Waals surface area contributed by atoms with E-state index in [4.69, 9.17) is 0 Å². The van der Waals surface area contributed by atoms with Crippen molar-refractivity contribution in [1.82, 2.24) is 0 Å². The largest absolute Gasteiger partial charge is 0.0758 e. The Morgan fingerprint density at radius 1 is 0.632 bits per heavy atom. The van der Waals surface area contributed by atoms with E-state index < -0.39 is 0 Å². The molecule has 0 spiro atoms. The van der Waals surface area contributed by atoms with E-state index in [1.165, 1.54) is 58.4 Å². The van der Waals surface area contributed by atoms with Crippen LogP contribution in [0.3, 0.4) is 0 Å². The van der Waals surface area contributed by atoms with Crippen molar-refractivity contribution in [2.75, 3.05) is 0 Å². The van der Waals surface area contributed by atoms with Crippen LogP contribution in [0.5, 0.6) is 0 Å². The zero-order valence-corrected chi connectivity index (χ0v) is 21.8. The van der Waals surface area contributed by atoms with E-state index >= 15 is 0 Å². The summed E-state index contributed by atoms with van der Waals surface area (Å²) in [5.41, 5.74) is 7.06. The maximum absolute atomic E-state index is 2.68. The summed E-state index contributed by atoms with van der Waals surface area (Å²) in [7, 11) is 0. The highest BCUT2D eigenvalue weighted by Crippen LogP contribution is 2.57. The summed E-state index contributed by atoms with van der Waals surface area (Å²) in [5.74, 6) is 3.14. The number of hydrogen-bond donors (Lipinski definition) is 0. The molecule has 0 radical (unpaired) electrons. The lowest BCUT2D eigenvalue weighted by atomic mass is 9.58. The van der Waals surface area contributed by atoms with Gasteiger partial charge in [-0.25, -0.2) is 0 Å². The average Bonchev–Trinajstić information content (AvgIpc) is 3.79. The van der Waals surface area contributed by atoms with Gasteiger partial charge in [-0.2, -0.15) is 0 Å². The summed E-state index contributed by atoms with van der Waals surface area (Å²) < 4.78 is 0. The van der Waals surface area contributed by atoms with Crippen molar-refractivity contribution in [1.29, 1.82) is 0 Å². The summed E-state index contributed by atoms with van der Waals surface area (Å²) in [5, 5.41) is 2.80. The molecule has 3 aromatic carbocycles. The van der Waals surface area contributed by atoms with Crippen LogP contribution in [0.15, 0.2) is 133 Å². The monoisotopic (exact) mass is 490 g/mol. The van der Waals surface area contributed by atoms with E-state index in [2.05, 4.69) is 127 Å². The third-order valence-electron chi connectivity index (χ3n) is 10.3. The molecule has 2 saturated carbocycles. The van der Waals surface area contributed by atoms with Crippen LogP contribution < -0.4 is 10.4 Å². The molecule has 8 rings (SSSR count). The van der Waals surface area contributed by atoms with Crippen LogP contribution in [0.2, 0.25) is 0 Å². The molecule has 2 fully saturated rings. The normalized spacial score (nSPS) is 28.6. The number of rotatable bonds is 5. The number of benzene rings is 3. The van der Waals surface area contributed by atoms with Gasteiger partial charge in [0.15, 0.2) is 0 Å². The van der Waals surface area contributed by atoms with E-state index in [1.54, 1.807) is 5.57 Å². The molecule has 5 aliphatic rings. The molecule has 0 nitrogen and oxygen atoms in total. The first kappa shape index (κ1) is 22.4. The first-order valence-electron chi connectivity index (χ1n) is 14.5. The minimum atomic E-state index is -0.295. The molecule has 0 heteroatoms. The maximum atomic E-state index is 2.68. The number of hydrogen-bond acceptors (Lipinski definition) is 0. The third kappa shape index (κ3) is 3.16. The van der Waals surface area contributed by atoms with E-state index in [0.29, 0.717) is 0 Å². The minimum Gasteiger partial charge on any atom is -0.0758 e. The quantitative estimate of drug-likeness (QED) is 0.353. The molecule has 38 heavy (non-hydrogen) atoms. The van der Waals surface area contributed by atoms with Crippen LogP contribution in [0.1, 0.15) is 36.8 Å². The SMILES string of the molecule is C1=CC2=c3ccccc3=C(C(c3ccccc3)(c3ccccc3)C3C=CC(C4CC5CCC4C5)=C3)C2C=C1. The van der Waals surface area contributed by atoms with Crippen molar-refractivity contribution in [3.05, 3.63) is 155 Å². The Hall–Kier alpha value is -3.64. The molecule has 2 bridgehead atoms. The van der Waals surface area contributed by atoms with Crippen LogP contribution in [0.4, 0.5) is 0 Å². The highest BCUT2D eigenvalue weighted by Gasteiger charge is 2.49. The predicted octanol–water partition coefficient (Wildman–Crippen LogP) is 7.28. The van der Waals surface area contributed by atoms with Crippen LogP contribution >= 0.6 is 0 Å². The van der Waals surface area contributed by atoms with Crippen LogP contribution in [0, 0.1) is 29.6 Å². The fourth-order valence-electron chi connectivity index (χ4n) is 8.79. The Labute approximate surface area is 226 Å². The lowest BCUT2D eigenvalue weighted by molar-refractivity contribution is 0.382. The second-order valence-electron chi connectivity index (χ2n) is 12.0. The summed E-state index contributed by atoms with van der Waals surface area (Å²) >= 11 is 0. The van der Waals surface area contributed by atoms with Crippen LogP contribution in [-0.2, 0) is 5.41 Å². The van der Waals surface area contributed by atoms with Gasteiger partial charge in [0.05, 0.1) is 5.41 Å². The molecule has 5 unspecified atom stereocenters. The molecule has 0 amide bonds. The Kier molecular flexibility index (Phi) is 5.12. The number of allylic oxidation sites excluding steroid dienone is 8. The molecule has 3 aromatic rings. The summed E-state index contributed by atoms with van der Waals surface area (Å²) in [6, 6.07) is 31.9. The molecular formula is C38H34. The molecule has 0 N–H and O–H groups in total. The minimum absolute atomic E-state index is 0.267. The lowest BCUT2D eigenvalue weighted by Crippen LogP contribution is -2.41. The Balaban J connectivity index is 1.43. The molecule has 0 saturated heterocycles. The van der Waals surface area contributed by atoms with Gasteiger partial charge < -0.3 is 0 Å². The first-order chi connectivity index (χ1) is 18.8. The standard InChI is InChI=1S/C38H34/c1-3-11-29(12-4-1)38(30-13-5-2-6-14-30,31-22-21-28(25-31)36-24-26-19-20-27(36)23-26)37-34-17-9-7-15-32(34)33-16-8-10-18-35(33)37/h1-18,21-22,25-27,31,34,36H,19-20,23-24H2. The molecular weight excluding hydrogens is 456 g/mol. The van der Waals surface area contributed by atoms with E-state index in [0.717, 1.165) is 17.8 Å². The van der Waals surface area contributed by atoms with Gasteiger partial charge in [0.25, 0.3) is 0 Å². The molecule has 5 atom stereocenters. The Bertz CT molecular complexity index is 1590. The van der Waals surface area contributed by atoms with Crippen LogP contribution in [-0.4, -0.2) is 0 Å². The number of fused-ring (bicyclic) bond motifs is 4. The topological polar surface area (TPSA) is 0 Å². The van der Waals surface area contributed by atoms with Gasteiger partial charge in [0.2, 0.25) is 0 Å². The third-order valence-corrected chi connectivity index (χ3v) is 10.3. The van der Waals surface area contributed by atoms with Crippen molar-refractivity contribution in [2.45, 2.75) is 31.1 Å². The van der Waals surface area contributed by atoms with E-state index in [-0.39, 0.29) is 17.3 Å². The summed E-state index contributed by atoms with van der Waals surface area (Å²) in [4.78, 5) is 0. The van der Waals surface area contributed by atoms with Gasteiger partial charge in [-0.05, 0) is 75.3 Å². The van der Waals surface area contributed by atoms with Gasteiger partial charge >= 0.3 is 0 Å². The van der Waals surface area contributed by atoms with E-state index in [1.807, 2.05) is 0 Å². The second-order valence-corrected chi connectivity index (χ2v) is 12.0. The maximum Gasteiger partial charge on any atom is 0.0526 e. The molecule has 5 aliphatic carbocycles. The smallest absolute Gasteiger partial charge is 0.0526 e. The highest BCUT2D eigenvalue weighted by atomic mass is 14.5. The van der Waals surface area contributed by atoms with Crippen LogP contribution in [0.25, 0.3) is 11.1 Å². The Morgan fingerprint density at radius 2 is 1.34 bits per heavy atom. The fourth-order valence-corrected chi connectivity index (χ4v) is 8.79. The van der Waals surface area contributed by atoms with Crippen molar-refractivity contribution >= 4 is 11.1 Å². The molecule has 0 heterocycles. The molecule has 0 aliphatic heterocycles. The average molecular weight is 491 g/mol. The lowest BCUT2D eigenvalue weighted by Gasteiger charge is -2.43. The van der Waals surface area contributed by atoms with Gasteiger partial charge in [-0.1, -0.05) is 134 Å². The fraction of sp³-hybridized carbons (Fsp3) is 0.263. The van der Waals surface area contributed by atoms with Gasteiger partial charge in [0.1, 0.15) is 0 Å². The summed E-state index contributed by atoms with van der Waals surface area (Å²) in [6.45, 7) is 0. The first-order valence-corrected chi connectivity index (χ1v) is 14.5. The van der Waals surface area contributed by atoms with E-state index in [9.17, 15) is 0 Å². The zero-order valence-electron chi connectivity index (χ0n) is 21.8. The summed E-state index contributed by atoms with van der Waals surface area (Å²) in [6.07, 6.45) is 22.7. The Morgan fingerprint density at radius 3 is 2.03 bits per heavy atom. The molecule has 0 aromatic heterocycles. The second kappa shape index (κ2) is 8.70. The van der Waals surface area contributed by atoms with Crippen molar-refractivity contribution in [2.24, 2.45) is 29.6 Å². The zero-order chi connectivity index (χ0) is 25.1. The van der Waals surface area contributed by atoms with Crippen molar-refractivity contribution < 1.29 is 0 Å². The molecule has 186 valence electrons. The van der Waals surface area contributed by atoms with Crippen molar-refractivity contribution in [3.63, 3.8) is 0 Å². The predicted molar refractivity (Wildman–Crippen MR) is 158 cm³/mol. The van der Waals surface area contributed by atoms with Gasteiger partial charge in [0, 0.05) is 11.8 Å².